The fourth-order valence-electron chi connectivity index (χ4n) is 1.21. The largest absolute Gasteiger partial charge is 0.384 e. The second-order valence-corrected chi connectivity index (χ2v) is 4.02. The van der Waals surface area contributed by atoms with Gasteiger partial charge in [-0.15, -0.1) is 0 Å². The third-order valence-electron chi connectivity index (χ3n) is 2.44. The van der Waals surface area contributed by atoms with Gasteiger partial charge in [-0.2, -0.15) is 43.9 Å². The van der Waals surface area contributed by atoms with E-state index in [1.165, 1.54) is 0 Å². The Balaban J connectivity index is 5.84. The molecule has 0 fully saturated rings. The number of rotatable bonds is 7. The highest BCUT2D eigenvalue weighted by Crippen LogP contribution is 2.57. The van der Waals surface area contributed by atoms with Crippen LogP contribution in [0.15, 0.2) is 0 Å². The summed E-state index contributed by atoms with van der Waals surface area (Å²) in [7, 11) is 0. The second kappa shape index (κ2) is 5.21. The van der Waals surface area contributed by atoms with Crippen molar-refractivity contribution in [2.24, 2.45) is 0 Å². The fourth-order valence-corrected chi connectivity index (χ4v) is 1.21. The van der Waals surface area contributed by atoms with E-state index >= 15 is 0 Å². The molecule has 0 atom stereocenters. The monoisotopic (exact) mass is 326 g/mol. The summed E-state index contributed by atoms with van der Waals surface area (Å²) in [6.45, 7) is -2.55. The topological polar surface area (TPSA) is 0 Å². The van der Waals surface area contributed by atoms with Crippen molar-refractivity contribution in [2.45, 2.75) is 49.4 Å². The van der Waals surface area contributed by atoms with Crippen LogP contribution in [0, 0.1) is 0 Å². The van der Waals surface area contributed by atoms with Gasteiger partial charge >= 0.3 is 29.6 Å². The third kappa shape index (κ3) is 2.54. The zero-order valence-corrected chi connectivity index (χ0v) is 9.78. The Morgan fingerprint density at radius 1 is 0.600 bits per heavy atom. The molecule has 0 aliphatic rings. The van der Waals surface area contributed by atoms with E-state index in [0.717, 1.165) is 6.92 Å². The molecular weight excluding hydrogens is 317 g/mol. The van der Waals surface area contributed by atoms with Crippen LogP contribution in [0.2, 0.25) is 0 Å². The van der Waals surface area contributed by atoms with Gasteiger partial charge in [-0.1, -0.05) is 13.3 Å². The van der Waals surface area contributed by atoms with Crippen LogP contribution in [0.3, 0.4) is 0 Å². The van der Waals surface area contributed by atoms with Gasteiger partial charge in [0.15, 0.2) is 6.67 Å². The van der Waals surface area contributed by atoms with Gasteiger partial charge in [-0.05, 0) is 0 Å². The Morgan fingerprint density at radius 2 is 0.950 bits per heavy atom. The highest BCUT2D eigenvalue weighted by atomic mass is 19.4. The summed E-state index contributed by atoms with van der Waals surface area (Å²) in [5.74, 6) is -32.8. The van der Waals surface area contributed by atoms with Gasteiger partial charge in [0.2, 0.25) is 0 Å². The van der Waals surface area contributed by atoms with Crippen molar-refractivity contribution in [3.63, 3.8) is 0 Å². The zero-order valence-electron chi connectivity index (χ0n) is 9.78. The van der Waals surface area contributed by atoms with Crippen molar-refractivity contribution in [3.8, 4) is 0 Å². The minimum absolute atomic E-state index is 0.802. The van der Waals surface area contributed by atoms with Gasteiger partial charge in [0, 0.05) is 6.42 Å². The molecule has 0 rings (SSSR count). The molecule has 0 spiro atoms. The maximum Gasteiger partial charge on any atom is 0.384 e. The zero-order chi connectivity index (χ0) is 16.6. The lowest BCUT2D eigenvalue weighted by Crippen LogP contribution is -2.67. The molecule has 0 aromatic carbocycles. The maximum atomic E-state index is 12.9. The summed E-state index contributed by atoms with van der Waals surface area (Å²) in [5, 5.41) is 0. The minimum Gasteiger partial charge on any atom is -0.244 e. The average molecular weight is 326 g/mol. The summed E-state index contributed by atoms with van der Waals surface area (Å²) >= 11 is 0. The van der Waals surface area contributed by atoms with Crippen molar-refractivity contribution in [1.82, 2.24) is 0 Å². The molecule has 20 heavy (non-hydrogen) atoms. The van der Waals surface area contributed by atoms with Crippen LogP contribution in [0.1, 0.15) is 19.8 Å². The second-order valence-electron chi connectivity index (χ2n) is 4.02. The van der Waals surface area contributed by atoms with Crippen molar-refractivity contribution >= 4 is 0 Å². The van der Waals surface area contributed by atoms with E-state index in [0.29, 0.717) is 0 Å². The molecule has 0 bridgehead atoms. The van der Waals surface area contributed by atoms with Gasteiger partial charge < -0.3 is 0 Å². The Morgan fingerprint density at radius 3 is 1.25 bits per heavy atom. The highest BCUT2D eigenvalue weighted by Gasteiger charge is 2.85. The molecule has 0 amide bonds. The predicted molar refractivity (Wildman–Crippen MR) is 45.6 cm³/mol. The lowest BCUT2D eigenvalue weighted by molar-refractivity contribution is -0.402. The molecule has 0 aromatic heterocycles. The van der Waals surface area contributed by atoms with Crippen LogP contribution in [-0.2, 0) is 0 Å². The molecule has 0 saturated carbocycles. The maximum absolute atomic E-state index is 12.9. The van der Waals surface area contributed by atoms with Crippen LogP contribution in [0.4, 0.5) is 48.3 Å². The lowest BCUT2D eigenvalue weighted by Gasteiger charge is -2.38. The van der Waals surface area contributed by atoms with Gasteiger partial charge in [-0.3, -0.25) is 0 Å². The number of hydrogen-bond donors (Lipinski definition) is 0. The molecule has 0 nitrogen and oxygen atoms in total. The Labute approximate surface area is 105 Å². The first-order valence-corrected chi connectivity index (χ1v) is 5.07. The normalized spacial score (nSPS) is 15.6. The Kier molecular flexibility index (Phi) is 5.01. The number of hydrogen-bond acceptors (Lipinski definition) is 0. The molecule has 0 N–H and O–H groups in total. The first kappa shape index (κ1) is 19.2. The first-order valence-electron chi connectivity index (χ1n) is 5.07. The number of alkyl halides is 11. The van der Waals surface area contributed by atoms with E-state index in [4.69, 9.17) is 0 Å². The van der Waals surface area contributed by atoms with E-state index in [-0.39, 0.29) is 0 Å². The Bertz CT molecular complexity index is 333. The van der Waals surface area contributed by atoms with Crippen LogP contribution < -0.4 is 0 Å². The van der Waals surface area contributed by atoms with Crippen LogP contribution in [0.25, 0.3) is 0 Å². The van der Waals surface area contributed by atoms with Crippen LogP contribution in [0.5, 0.6) is 0 Å². The fraction of sp³-hybridized carbons (Fsp3) is 1.00. The molecule has 0 aliphatic carbocycles. The summed E-state index contributed by atoms with van der Waals surface area (Å²) in [6.07, 6.45) is -2.74. The smallest absolute Gasteiger partial charge is 0.244 e. The minimum atomic E-state index is -7.14. The number of halogens is 11. The molecule has 0 heterocycles. The van der Waals surface area contributed by atoms with Gasteiger partial charge in [-0.25, -0.2) is 4.39 Å². The third-order valence-corrected chi connectivity index (χ3v) is 2.44. The van der Waals surface area contributed by atoms with Crippen molar-refractivity contribution in [1.29, 1.82) is 0 Å². The summed E-state index contributed by atoms with van der Waals surface area (Å²) < 4.78 is 139. The van der Waals surface area contributed by atoms with E-state index < -0.39 is 49.1 Å². The van der Waals surface area contributed by atoms with Crippen LogP contribution >= 0.6 is 0 Å². The molecular formula is C9H9F11. The van der Waals surface area contributed by atoms with Crippen molar-refractivity contribution in [3.05, 3.63) is 0 Å². The molecule has 0 unspecified atom stereocenters. The first-order chi connectivity index (χ1) is 8.62. The Hall–Kier alpha value is -0.770. The standard InChI is InChI=1S/C9H9F11/c1-2-3-5(11,12)7(15,16)9(19,20)8(17,18)6(13,14)4-10/h2-4H2,1H3. The predicted octanol–water partition coefficient (Wildman–Crippen LogP) is 4.93. The van der Waals surface area contributed by atoms with Crippen molar-refractivity contribution in [2.75, 3.05) is 6.67 Å². The van der Waals surface area contributed by atoms with Crippen molar-refractivity contribution < 1.29 is 48.3 Å². The molecule has 0 aliphatic heterocycles. The van der Waals surface area contributed by atoms with Gasteiger partial charge in [0.1, 0.15) is 0 Å². The lowest BCUT2D eigenvalue weighted by atomic mass is 9.93. The molecule has 11 heteroatoms. The van der Waals surface area contributed by atoms with E-state index in [2.05, 4.69) is 0 Å². The molecule has 0 radical (unpaired) electrons. The SMILES string of the molecule is CCCC(F)(F)C(F)(F)C(F)(F)C(F)(F)C(F)(F)CF. The summed E-state index contributed by atoms with van der Waals surface area (Å²) in [4.78, 5) is 0. The van der Waals surface area contributed by atoms with E-state index in [1.54, 1.807) is 0 Å². The van der Waals surface area contributed by atoms with E-state index in [1.807, 2.05) is 0 Å². The molecule has 0 aromatic rings. The quantitative estimate of drug-likeness (QED) is 0.582. The summed E-state index contributed by atoms with van der Waals surface area (Å²) in [5.41, 5.74) is 0. The van der Waals surface area contributed by atoms with Crippen LogP contribution in [-0.4, -0.2) is 36.3 Å². The average Bonchev–Trinajstić information content (AvgIpc) is 2.27. The highest BCUT2D eigenvalue weighted by molar-refractivity contribution is 5.08. The van der Waals surface area contributed by atoms with Gasteiger partial charge in [0.25, 0.3) is 0 Å². The molecule has 0 saturated heterocycles. The summed E-state index contributed by atoms with van der Waals surface area (Å²) in [6, 6.07) is 0. The molecule has 122 valence electrons. The van der Waals surface area contributed by atoms with E-state index in [9.17, 15) is 48.3 Å². The van der Waals surface area contributed by atoms with Gasteiger partial charge in [0.05, 0.1) is 0 Å².